The van der Waals surface area contributed by atoms with E-state index in [1.54, 1.807) is 13.3 Å². The molecule has 3 rings (SSSR count). The number of carbonyl (C=O) groups is 1. The number of nitrogens with zero attached hydrogens (tertiary/aromatic N) is 2. The fourth-order valence-electron chi connectivity index (χ4n) is 3.47. The van der Waals surface area contributed by atoms with Crippen molar-refractivity contribution in [2.45, 2.75) is 37.8 Å². The summed E-state index contributed by atoms with van der Waals surface area (Å²) in [4.78, 5) is 17.3. The number of rotatable bonds is 5. The van der Waals surface area contributed by atoms with Crippen molar-refractivity contribution in [3.8, 4) is 5.75 Å². The van der Waals surface area contributed by atoms with Crippen molar-refractivity contribution in [1.82, 2.24) is 14.9 Å². The summed E-state index contributed by atoms with van der Waals surface area (Å²) in [7, 11) is 3.57. The largest absolute Gasteiger partial charge is 0.497 e. The molecule has 1 saturated carbocycles. The molecule has 0 spiro atoms. The first kappa shape index (κ1) is 23.3. The molecule has 3 N–H and O–H groups in total. The van der Waals surface area contributed by atoms with Crippen molar-refractivity contribution in [2.75, 3.05) is 7.11 Å². The van der Waals surface area contributed by atoms with E-state index in [2.05, 4.69) is 10.3 Å². The molecule has 6 nitrogen and oxygen atoms in total. The predicted molar refractivity (Wildman–Crippen MR) is 111 cm³/mol. The van der Waals surface area contributed by atoms with Gasteiger partial charge in [0.1, 0.15) is 17.6 Å². The lowest BCUT2D eigenvalue weighted by Gasteiger charge is -2.28. The van der Waals surface area contributed by atoms with Gasteiger partial charge in [-0.1, -0.05) is 18.6 Å². The summed E-state index contributed by atoms with van der Waals surface area (Å²) in [5.74, 6) is 1.62. The zero-order valence-corrected chi connectivity index (χ0v) is 17.3. The smallest absolute Gasteiger partial charge is 0.224 e. The van der Waals surface area contributed by atoms with Crippen LogP contribution in [0, 0.1) is 5.92 Å². The van der Waals surface area contributed by atoms with Gasteiger partial charge in [-0.15, -0.1) is 24.8 Å². The Labute approximate surface area is 172 Å². The number of methoxy groups -OCH3 is 1. The fourth-order valence-corrected chi connectivity index (χ4v) is 3.47. The van der Waals surface area contributed by atoms with Gasteiger partial charge in [0.15, 0.2) is 0 Å². The maximum Gasteiger partial charge on any atom is 0.224 e. The number of nitrogens with one attached hydrogen (secondary N) is 1. The molecule has 0 aliphatic heterocycles. The summed E-state index contributed by atoms with van der Waals surface area (Å²) in [5.41, 5.74) is 7.02. The molecule has 8 heteroatoms. The van der Waals surface area contributed by atoms with E-state index in [-0.39, 0.29) is 48.7 Å². The molecule has 0 bridgehead atoms. The lowest BCUT2D eigenvalue weighted by Crippen LogP contribution is -2.40. The average Bonchev–Trinajstić information content (AvgIpc) is 3.05. The van der Waals surface area contributed by atoms with E-state index >= 15 is 0 Å². The summed E-state index contributed by atoms with van der Waals surface area (Å²) < 4.78 is 7.16. The van der Waals surface area contributed by atoms with Crippen LogP contribution in [0.25, 0.3) is 0 Å². The van der Waals surface area contributed by atoms with Gasteiger partial charge in [-0.2, -0.15) is 0 Å². The molecule has 0 saturated heterocycles. The van der Waals surface area contributed by atoms with Crippen LogP contribution in [-0.2, 0) is 11.8 Å². The third-order valence-electron chi connectivity index (χ3n) is 4.94. The summed E-state index contributed by atoms with van der Waals surface area (Å²) in [6.45, 7) is 0. The topological polar surface area (TPSA) is 82.2 Å². The highest BCUT2D eigenvalue weighted by atomic mass is 35.5. The minimum absolute atomic E-state index is 0. The second-order valence-electron chi connectivity index (χ2n) is 6.73. The number of aromatic nitrogens is 2. The number of benzene rings is 1. The lowest BCUT2D eigenvalue weighted by atomic mass is 9.85. The molecule has 2 aromatic rings. The van der Waals surface area contributed by atoms with Gasteiger partial charge in [-0.25, -0.2) is 4.98 Å². The fraction of sp³-hybridized carbons (Fsp3) is 0.474. The van der Waals surface area contributed by atoms with Crippen LogP contribution < -0.4 is 15.8 Å². The van der Waals surface area contributed by atoms with Crippen molar-refractivity contribution in [3.63, 3.8) is 0 Å². The van der Waals surface area contributed by atoms with Crippen LogP contribution in [0.2, 0.25) is 0 Å². The molecular formula is C19H28Cl2N4O2. The quantitative estimate of drug-likeness (QED) is 0.787. The predicted octanol–water partition coefficient (Wildman–Crippen LogP) is 3.00. The molecule has 1 aromatic carbocycles. The molecule has 1 fully saturated rings. The highest BCUT2D eigenvalue weighted by molar-refractivity contribution is 5.85. The minimum Gasteiger partial charge on any atom is -0.497 e. The van der Waals surface area contributed by atoms with Gasteiger partial charge in [-0.05, 0) is 37.0 Å². The average molecular weight is 415 g/mol. The molecule has 1 heterocycles. The summed E-state index contributed by atoms with van der Waals surface area (Å²) in [6.07, 6.45) is 7.29. The third kappa shape index (κ3) is 5.61. The van der Waals surface area contributed by atoms with Gasteiger partial charge in [0.05, 0.1) is 7.11 Å². The first-order chi connectivity index (χ1) is 12.1. The monoisotopic (exact) mass is 414 g/mol. The highest BCUT2D eigenvalue weighted by Crippen LogP contribution is 2.27. The molecule has 1 aromatic heterocycles. The number of carbonyl (C=O) groups excluding carboxylic acids is 1. The van der Waals surface area contributed by atoms with Crippen LogP contribution in [0.4, 0.5) is 0 Å². The Morgan fingerprint density at radius 2 is 2.00 bits per heavy atom. The van der Waals surface area contributed by atoms with Gasteiger partial charge < -0.3 is 20.4 Å². The molecule has 3 unspecified atom stereocenters. The number of ether oxygens (including phenoxy) is 1. The van der Waals surface area contributed by atoms with Gasteiger partial charge in [0, 0.05) is 31.4 Å². The number of nitrogens with two attached hydrogens (primary N) is 1. The standard InChI is InChI=1S/C19H26N4O2.2ClH/c1-23-11-10-21-18(23)17(13-6-8-16(25-2)9-7-13)22-19(24)14-4-3-5-15(20)12-14;;/h6-11,14-15,17H,3-5,12,20H2,1-2H3,(H,22,24);2*1H. The zero-order chi connectivity index (χ0) is 17.8. The van der Waals surface area contributed by atoms with Gasteiger partial charge >= 0.3 is 0 Å². The highest BCUT2D eigenvalue weighted by Gasteiger charge is 2.29. The van der Waals surface area contributed by atoms with E-state index in [0.717, 1.165) is 42.8 Å². The minimum atomic E-state index is -0.295. The van der Waals surface area contributed by atoms with E-state index in [1.165, 1.54) is 0 Å². The Hall–Kier alpha value is -1.76. The molecular weight excluding hydrogens is 387 g/mol. The Balaban J connectivity index is 0.00000182. The maximum absolute atomic E-state index is 12.8. The maximum atomic E-state index is 12.8. The van der Waals surface area contributed by atoms with Gasteiger partial charge in [0.2, 0.25) is 5.91 Å². The first-order valence-corrected chi connectivity index (χ1v) is 8.75. The number of amides is 1. The van der Waals surface area contributed by atoms with Gasteiger partial charge in [-0.3, -0.25) is 4.79 Å². The van der Waals surface area contributed by atoms with E-state index in [4.69, 9.17) is 10.5 Å². The van der Waals surface area contributed by atoms with Crippen molar-refractivity contribution in [1.29, 1.82) is 0 Å². The SMILES string of the molecule is COc1ccc(C(NC(=O)C2CCCC(N)C2)c2nccn2C)cc1.Cl.Cl. The van der Waals surface area contributed by atoms with Crippen LogP contribution in [0.15, 0.2) is 36.7 Å². The van der Waals surface area contributed by atoms with E-state index < -0.39 is 0 Å². The Morgan fingerprint density at radius 3 is 2.56 bits per heavy atom. The number of imidazole rings is 1. The second kappa shape index (κ2) is 10.5. The zero-order valence-electron chi connectivity index (χ0n) is 15.6. The van der Waals surface area contributed by atoms with Gasteiger partial charge in [0.25, 0.3) is 0 Å². The Kier molecular flexibility index (Phi) is 9.09. The van der Waals surface area contributed by atoms with E-state index in [1.807, 2.05) is 42.1 Å². The number of hydrogen-bond acceptors (Lipinski definition) is 4. The summed E-state index contributed by atoms with van der Waals surface area (Å²) >= 11 is 0. The first-order valence-electron chi connectivity index (χ1n) is 8.75. The lowest BCUT2D eigenvalue weighted by molar-refractivity contribution is -0.126. The van der Waals surface area contributed by atoms with E-state index in [0.29, 0.717) is 0 Å². The molecule has 0 radical (unpaired) electrons. The number of halogens is 2. The van der Waals surface area contributed by atoms with Crippen LogP contribution in [-0.4, -0.2) is 28.6 Å². The van der Waals surface area contributed by atoms with Crippen molar-refractivity contribution in [2.24, 2.45) is 18.7 Å². The van der Waals surface area contributed by atoms with Crippen molar-refractivity contribution in [3.05, 3.63) is 48.0 Å². The molecule has 1 aliphatic rings. The molecule has 150 valence electrons. The molecule has 27 heavy (non-hydrogen) atoms. The van der Waals surface area contributed by atoms with Crippen LogP contribution in [0.3, 0.4) is 0 Å². The summed E-state index contributed by atoms with van der Waals surface area (Å²) in [6, 6.07) is 7.55. The molecule has 1 aliphatic carbocycles. The van der Waals surface area contributed by atoms with Crippen LogP contribution in [0.5, 0.6) is 5.75 Å². The Bertz CT molecular complexity index is 721. The third-order valence-corrected chi connectivity index (χ3v) is 4.94. The second-order valence-corrected chi connectivity index (χ2v) is 6.73. The van der Waals surface area contributed by atoms with Crippen LogP contribution in [0.1, 0.15) is 43.1 Å². The molecule has 3 atom stereocenters. The number of aryl methyl sites for hydroxylation is 1. The summed E-state index contributed by atoms with van der Waals surface area (Å²) in [5, 5.41) is 3.19. The molecule has 1 amide bonds. The number of hydrogen-bond donors (Lipinski definition) is 2. The van der Waals surface area contributed by atoms with Crippen molar-refractivity contribution < 1.29 is 9.53 Å². The Morgan fingerprint density at radius 1 is 1.30 bits per heavy atom. The van der Waals surface area contributed by atoms with Crippen LogP contribution >= 0.6 is 24.8 Å². The normalized spacial score (nSPS) is 20.0. The van der Waals surface area contributed by atoms with E-state index in [9.17, 15) is 4.79 Å². The van der Waals surface area contributed by atoms with Crippen molar-refractivity contribution >= 4 is 30.7 Å².